The highest BCUT2D eigenvalue weighted by Gasteiger charge is 2.27. The van der Waals surface area contributed by atoms with Gasteiger partial charge < -0.3 is 9.47 Å². The molecule has 3 aromatic carbocycles. The van der Waals surface area contributed by atoms with Crippen molar-refractivity contribution >= 4 is 7.85 Å². The molecule has 0 atom stereocenters. The van der Waals surface area contributed by atoms with E-state index in [1.807, 2.05) is 6.08 Å². The Hall–Kier alpha value is -2.90. The van der Waals surface area contributed by atoms with Gasteiger partial charge in [0.05, 0.1) is 13.2 Å². The summed E-state index contributed by atoms with van der Waals surface area (Å²) in [6, 6.07) is 12.2. The lowest BCUT2D eigenvalue weighted by Crippen LogP contribution is -2.27. The molecule has 0 bridgehead atoms. The third-order valence-electron chi connectivity index (χ3n) is 6.16. The van der Waals surface area contributed by atoms with Gasteiger partial charge in [0.2, 0.25) is 0 Å². The van der Waals surface area contributed by atoms with E-state index in [1.165, 1.54) is 18.2 Å². The number of benzene rings is 3. The van der Waals surface area contributed by atoms with Gasteiger partial charge in [0.1, 0.15) is 7.85 Å². The molecule has 0 N–H and O–H groups in total. The summed E-state index contributed by atoms with van der Waals surface area (Å²) < 4.78 is 69.8. The second kappa shape index (κ2) is 10.6. The van der Waals surface area contributed by atoms with Gasteiger partial charge in [-0.3, -0.25) is 0 Å². The van der Waals surface area contributed by atoms with Gasteiger partial charge in [-0.2, -0.15) is 0 Å². The average molecular weight is 468 g/mol. The highest BCUT2D eigenvalue weighted by atomic mass is 19.2. The van der Waals surface area contributed by atoms with E-state index >= 15 is 0 Å². The van der Waals surface area contributed by atoms with Crippen LogP contribution in [0.5, 0.6) is 0 Å². The maximum atomic E-state index is 15.0. The Bertz CT molecular complexity index is 1170. The maximum Gasteiger partial charge on any atom is 0.186 e. The van der Waals surface area contributed by atoms with Crippen LogP contribution in [0.2, 0.25) is 0 Å². The fourth-order valence-corrected chi connectivity index (χ4v) is 4.13. The van der Waals surface area contributed by atoms with Crippen molar-refractivity contribution in [1.82, 2.24) is 0 Å². The summed E-state index contributed by atoms with van der Waals surface area (Å²) >= 11 is 0. The van der Waals surface area contributed by atoms with Gasteiger partial charge >= 0.3 is 0 Å². The van der Waals surface area contributed by atoms with E-state index in [2.05, 4.69) is 6.58 Å². The molecule has 0 aliphatic carbocycles. The fraction of sp³-hybridized carbons (Fsp3) is 0.259. The topological polar surface area (TPSA) is 18.5 Å². The lowest BCUT2D eigenvalue weighted by atomic mass is 9.93. The number of halogens is 4. The molecule has 1 saturated heterocycles. The predicted molar refractivity (Wildman–Crippen MR) is 127 cm³/mol. The molecule has 0 spiro atoms. The van der Waals surface area contributed by atoms with Crippen molar-refractivity contribution in [2.75, 3.05) is 13.2 Å². The SMILES string of the molecule is BCc1ccc(-c2ccc(-c3ccc(C4OCC(CCC=C)CO4)c(F)c3F)cc2)c(F)c1F. The van der Waals surface area contributed by atoms with Gasteiger partial charge in [0.15, 0.2) is 29.6 Å². The summed E-state index contributed by atoms with van der Waals surface area (Å²) in [5, 5.41) is 0. The summed E-state index contributed by atoms with van der Waals surface area (Å²) in [5.41, 5.74) is 1.33. The van der Waals surface area contributed by atoms with E-state index in [0.717, 1.165) is 12.8 Å². The van der Waals surface area contributed by atoms with Gasteiger partial charge in [0, 0.05) is 22.6 Å². The molecule has 0 saturated carbocycles. The van der Waals surface area contributed by atoms with Crippen molar-refractivity contribution in [2.45, 2.75) is 25.5 Å². The zero-order chi connectivity index (χ0) is 24.2. The van der Waals surface area contributed by atoms with Crippen LogP contribution in [0.25, 0.3) is 22.3 Å². The lowest BCUT2D eigenvalue weighted by molar-refractivity contribution is -0.207. The summed E-state index contributed by atoms with van der Waals surface area (Å²) in [6.07, 6.45) is 2.94. The summed E-state index contributed by atoms with van der Waals surface area (Å²) in [5.74, 6) is -3.65. The Balaban J connectivity index is 1.54. The molecule has 34 heavy (non-hydrogen) atoms. The van der Waals surface area contributed by atoms with Crippen LogP contribution in [0, 0.1) is 29.2 Å². The normalized spacial score (nSPS) is 18.1. The van der Waals surface area contributed by atoms with Crippen molar-refractivity contribution in [1.29, 1.82) is 0 Å². The van der Waals surface area contributed by atoms with E-state index in [1.54, 1.807) is 38.2 Å². The molecule has 0 radical (unpaired) electrons. The molecule has 7 heteroatoms. The van der Waals surface area contributed by atoms with Crippen LogP contribution in [0.3, 0.4) is 0 Å². The van der Waals surface area contributed by atoms with Gasteiger partial charge in [-0.25, -0.2) is 17.6 Å². The Labute approximate surface area is 197 Å². The molecule has 0 aromatic heterocycles. The van der Waals surface area contributed by atoms with Crippen molar-refractivity contribution in [3.05, 3.63) is 95.6 Å². The third-order valence-corrected chi connectivity index (χ3v) is 6.16. The Morgan fingerprint density at radius 2 is 1.35 bits per heavy atom. The van der Waals surface area contributed by atoms with E-state index in [9.17, 15) is 17.6 Å². The molecule has 2 nitrogen and oxygen atoms in total. The van der Waals surface area contributed by atoms with Crippen LogP contribution in [0.4, 0.5) is 17.6 Å². The van der Waals surface area contributed by atoms with E-state index < -0.39 is 29.6 Å². The molecular weight excluding hydrogens is 443 g/mol. The molecule has 3 aromatic rings. The van der Waals surface area contributed by atoms with Crippen LogP contribution in [-0.4, -0.2) is 21.1 Å². The molecule has 0 amide bonds. The van der Waals surface area contributed by atoms with Gasteiger partial charge in [-0.15, -0.1) is 6.58 Å². The van der Waals surface area contributed by atoms with Crippen LogP contribution in [0.15, 0.2) is 61.2 Å². The zero-order valence-electron chi connectivity index (χ0n) is 18.9. The Kier molecular flexibility index (Phi) is 7.54. The minimum Gasteiger partial charge on any atom is -0.348 e. The molecular formula is C27H25BF4O2. The highest BCUT2D eigenvalue weighted by Crippen LogP contribution is 2.34. The molecule has 1 aliphatic heterocycles. The van der Waals surface area contributed by atoms with Crippen LogP contribution in [-0.2, 0) is 15.8 Å². The fourth-order valence-electron chi connectivity index (χ4n) is 4.13. The number of hydrogen-bond acceptors (Lipinski definition) is 2. The van der Waals surface area contributed by atoms with E-state index in [0.29, 0.717) is 36.2 Å². The predicted octanol–water partition coefficient (Wildman–Crippen LogP) is 6.34. The highest BCUT2D eigenvalue weighted by molar-refractivity contribution is 6.08. The zero-order valence-corrected chi connectivity index (χ0v) is 18.9. The van der Waals surface area contributed by atoms with Crippen LogP contribution >= 0.6 is 0 Å². The maximum absolute atomic E-state index is 15.0. The molecule has 1 aliphatic rings. The minimum absolute atomic E-state index is 0.00796. The summed E-state index contributed by atoms with van der Waals surface area (Å²) in [6.45, 7) is 4.50. The number of allylic oxidation sites excluding steroid dienone is 1. The molecule has 4 rings (SSSR count). The number of hydrogen-bond donors (Lipinski definition) is 0. The smallest absolute Gasteiger partial charge is 0.186 e. The number of rotatable bonds is 7. The summed E-state index contributed by atoms with van der Waals surface area (Å²) in [7, 11) is 1.75. The third kappa shape index (κ3) is 4.81. The molecule has 0 unspecified atom stereocenters. The second-order valence-electron chi connectivity index (χ2n) is 8.39. The Morgan fingerprint density at radius 1 is 0.794 bits per heavy atom. The van der Waals surface area contributed by atoms with E-state index in [4.69, 9.17) is 9.47 Å². The van der Waals surface area contributed by atoms with E-state index in [-0.39, 0.29) is 22.6 Å². The first-order valence-electron chi connectivity index (χ1n) is 11.3. The molecule has 1 fully saturated rings. The largest absolute Gasteiger partial charge is 0.348 e. The standard InChI is InChI=1S/C27H25BF4O2/c1-2-3-4-16-14-33-27(34-15-16)22-12-11-21(25(31)26(22)32)18-7-5-17(6-8-18)20-10-9-19(13-28)23(29)24(20)30/h2,5-12,16,27H,1,3-4,13-15,28H2. The first kappa shape index (κ1) is 24.2. The average Bonchev–Trinajstić information content (AvgIpc) is 2.87. The molecule has 1 heterocycles. The summed E-state index contributed by atoms with van der Waals surface area (Å²) in [4.78, 5) is 0. The monoisotopic (exact) mass is 468 g/mol. The lowest BCUT2D eigenvalue weighted by Gasteiger charge is -2.29. The van der Waals surface area contributed by atoms with Crippen LogP contribution in [0.1, 0.15) is 30.3 Å². The first-order chi connectivity index (χ1) is 16.4. The van der Waals surface area contributed by atoms with Gasteiger partial charge in [-0.05, 0) is 29.5 Å². The first-order valence-corrected chi connectivity index (χ1v) is 11.3. The van der Waals surface area contributed by atoms with Crippen molar-refractivity contribution in [3.63, 3.8) is 0 Å². The van der Waals surface area contributed by atoms with Crippen molar-refractivity contribution in [2.24, 2.45) is 5.92 Å². The van der Waals surface area contributed by atoms with Crippen molar-refractivity contribution < 1.29 is 27.0 Å². The minimum atomic E-state index is -1.03. The molecule has 176 valence electrons. The van der Waals surface area contributed by atoms with Gasteiger partial charge in [-0.1, -0.05) is 60.9 Å². The Morgan fingerprint density at radius 3 is 1.91 bits per heavy atom. The van der Waals surface area contributed by atoms with Crippen molar-refractivity contribution in [3.8, 4) is 22.3 Å². The second-order valence-corrected chi connectivity index (χ2v) is 8.39. The van der Waals surface area contributed by atoms with Gasteiger partial charge in [0.25, 0.3) is 0 Å². The van der Waals surface area contributed by atoms with Crippen LogP contribution < -0.4 is 0 Å². The number of ether oxygens (including phenoxy) is 2. The quantitative estimate of drug-likeness (QED) is 0.229.